The van der Waals surface area contributed by atoms with Crippen molar-refractivity contribution in [3.8, 4) is 5.75 Å². The molecule has 4 nitrogen and oxygen atoms in total. The maximum atomic E-state index is 12.3. The van der Waals surface area contributed by atoms with Crippen LogP contribution in [0.2, 0.25) is 5.02 Å². The van der Waals surface area contributed by atoms with E-state index >= 15 is 0 Å². The molecule has 5 rings (SSSR count). The van der Waals surface area contributed by atoms with Gasteiger partial charge in [-0.3, -0.25) is 4.79 Å². The molecular formula is C23H30ClNO3. The van der Waals surface area contributed by atoms with E-state index in [1.54, 1.807) is 0 Å². The third-order valence-corrected chi connectivity index (χ3v) is 8.95. The highest BCUT2D eigenvalue weighted by molar-refractivity contribution is 6.34. The van der Waals surface area contributed by atoms with E-state index in [-0.39, 0.29) is 22.8 Å². The van der Waals surface area contributed by atoms with Gasteiger partial charge in [0.2, 0.25) is 0 Å². The van der Waals surface area contributed by atoms with Crippen LogP contribution in [0.25, 0.3) is 0 Å². The Kier molecular flexibility index (Phi) is 3.79. The normalized spacial score (nSPS) is 40.5. The van der Waals surface area contributed by atoms with Crippen molar-refractivity contribution < 1.29 is 14.6 Å². The van der Waals surface area contributed by atoms with Gasteiger partial charge in [0.1, 0.15) is 11.4 Å². The smallest absolute Gasteiger partial charge is 0.253 e. The number of rotatable bonds is 0. The van der Waals surface area contributed by atoms with E-state index in [1.807, 2.05) is 6.07 Å². The van der Waals surface area contributed by atoms with Gasteiger partial charge in [-0.1, -0.05) is 39.3 Å². The van der Waals surface area contributed by atoms with Gasteiger partial charge in [0.05, 0.1) is 16.7 Å². The molecule has 1 aromatic carbocycles. The van der Waals surface area contributed by atoms with Crippen molar-refractivity contribution in [2.45, 2.75) is 78.0 Å². The molecule has 2 saturated carbocycles. The summed E-state index contributed by atoms with van der Waals surface area (Å²) in [5.41, 5.74) is 2.11. The molecule has 1 unspecified atom stereocenters. The summed E-state index contributed by atoms with van der Waals surface area (Å²) in [6, 6.07) is 1.94. The van der Waals surface area contributed by atoms with Gasteiger partial charge in [-0.25, -0.2) is 0 Å². The van der Waals surface area contributed by atoms with Crippen LogP contribution in [-0.2, 0) is 13.0 Å². The molecule has 2 aliphatic heterocycles. The summed E-state index contributed by atoms with van der Waals surface area (Å²) in [5, 5.41) is 14.3. The average molecular weight is 404 g/mol. The van der Waals surface area contributed by atoms with Crippen LogP contribution in [0.5, 0.6) is 5.75 Å². The molecule has 2 heterocycles. The fourth-order valence-corrected chi connectivity index (χ4v) is 7.49. The first-order chi connectivity index (χ1) is 13.1. The van der Waals surface area contributed by atoms with E-state index in [0.29, 0.717) is 35.4 Å². The van der Waals surface area contributed by atoms with Crippen LogP contribution in [0.15, 0.2) is 6.07 Å². The SMILES string of the molecule is C[C@H]1CC[C@H]2C(C)(C)CC(O)C[C@]23Oc2c(cc(Cl)c4c2CNC4=O)C[C@]13C. The van der Waals surface area contributed by atoms with Crippen molar-refractivity contribution >= 4 is 17.5 Å². The Morgan fingerprint density at radius 2 is 2.00 bits per heavy atom. The molecule has 152 valence electrons. The number of aliphatic hydroxyl groups excluding tert-OH is 1. The van der Waals surface area contributed by atoms with Gasteiger partial charge >= 0.3 is 0 Å². The number of nitrogens with one attached hydrogen (secondary N) is 1. The number of fused-ring (bicyclic) bond motifs is 3. The van der Waals surface area contributed by atoms with Gasteiger partial charge in [0.25, 0.3) is 5.91 Å². The predicted molar refractivity (Wildman–Crippen MR) is 109 cm³/mol. The minimum Gasteiger partial charge on any atom is -0.486 e. The second-order valence-electron chi connectivity index (χ2n) is 10.6. The maximum absolute atomic E-state index is 12.3. The topological polar surface area (TPSA) is 58.6 Å². The molecule has 2 N–H and O–H groups in total. The van der Waals surface area contributed by atoms with Crippen molar-refractivity contribution in [3.05, 3.63) is 27.8 Å². The van der Waals surface area contributed by atoms with E-state index in [2.05, 4.69) is 33.0 Å². The van der Waals surface area contributed by atoms with Crippen LogP contribution in [-0.4, -0.2) is 22.7 Å². The highest BCUT2D eigenvalue weighted by atomic mass is 35.5. The summed E-state index contributed by atoms with van der Waals surface area (Å²) in [5.74, 6) is 1.60. The molecule has 5 atom stereocenters. The molecule has 2 fully saturated rings. The van der Waals surface area contributed by atoms with E-state index in [4.69, 9.17) is 16.3 Å². The number of aliphatic hydroxyl groups is 1. The maximum Gasteiger partial charge on any atom is 0.253 e. The lowest BCUT2D eigenvalue weighted by atomic mass is 9.44. The molecule has 0 saturated heterocycles. The van der Waals surface area contributed by atoms with Crippen LogP contribution < -0.4 is 10.1 Å². The Hall–Kier alpha value is -1.26. The minimum absolute atomic E-state index is 0.0141. The lowest BCUT2D eigenvalue weighted by Crippen LogP contribution is -2.70. The van der Waals surface area contributed by atoms with Crippen molar-refractivity contribution in [2.24, 2.45) is 22.7 Å². The number of carbonyl (C=O) groups is 1. The number of hydrogen-bond donors (Lipinski definition) is 2. The predicted octanol–water partition coefficient (Wildman–Crippen LogP) is 4.49. The number of benzene rings is 1. The molecule has 4 aliphatic rings. The molecule has 0 radical (unpaired) electrons. The first-order valence-electron chi connectivity index (χ1n) is 10.6. The Morgan fingerprint density at radius 3 is 2.75 bits per heavy atom. The molecule has 0 aromatic heterocycles. The number of halogens is 1. The average Bonchev–Trinajstić information content (AvgIpc) is 2.97. The number of carbonyl (C=O) groups excluding carboxylic acids is 1. The van der Waals surface area contributed by atoms with Crippen LogP contribution in [0.3, 0.4) is 0 Å². The summed E-state index contributed by atoms with van der Waals surface area (Å²) in [7, 11) is 0. The fourth-order valence-electron chi connectivity index (χ4n) is 7.16. The Morgan fingerprint density at radius 1 is 1.25 bits per heavy atom. The highest BCUT2D eigenvalue weighted by Crippen LogP contribution is 2.66. The van der Waals surface area contributed by atoms with Crippen molar-refractivity contribution in [1.29, 1.82) is 0 Å². The zero-order chi connectivity index (χ0) is 20.1. The third kappa shape index (κ3) is 2.19. The second kappa shape index (κ2) is 5.66. The summed E-state index contributed by atoms with van der Waals surface area (Å²) < 4.78 is 7.04. The quantitative estimate of drug-likeness (QED) is 0.670. The number of amides is 1. The molecule has 0 bridgehead atoms. The molecule has 2 aliphatic carbocycles. The zero-order valence-electron chi connectivity index (χ0n) is 17.2. The van der Waals surface area contributed by atoms with Gasteiger partial charge in [0.15, 0.2) is 0 Å². The van der Waals surface area contributed by atoms with E-state index < -0.39 is 5.60 Å². The summed E-state index contributed by atoms with van der Waals surface area (Å²) in [6.07, 6.45) is 4.30. The van der Waals surface area contributed by atoms with Crippen LogP contribution >= 0.6 is 11.6 Å². The fraction of sp³-hybridized carbons (Fsp3) is 0.696. The first kappa shape index (κ1) is 18.7. The summed E-state index contributed by atoms with van der Waals surface area (Å²) >= 11 is 6.51. The second-order valence-corrected chi connectivity index (χ2v) is 11.0. The Bertz CT molecular complexity index is 881. The Balaban J connectivity index is 1.74. The molecule has 1 aromatic rings. The molecule has 1 amide bonds. The summed E-state index contributed by atoms with van der Waals surface area (Å²) in [4.78, 5) is 12.3. The van der Waals surface area contributed by atoms with Crippen molar-refractivity contribution in [2.75, 3.05) is 0 Å². The number of ether oxygens (including phenoxy) is 1. The largest absolute Gasteiger partial charge is 0.486 e. The first-order valence-corrected chi connectivity index (χ1v) is 11.0. The van der Waals surface area contributed by atoms with E-state index in [9.17, 15) is 9.90 Å². The lowest BCUT2D eigenvalue weighted by molar-refractivity contribution is -0.229. The van der Waals surface area contributed by atoms with Gasteiger partial charge < -0.3 is 15.2 Å². The van der Waals surface area contributed by atoms with Gasteiger partial charge in [-0.2, -0.15) is 0 Å². The van der Waals surface area contributed by atoms with Gasteiger partial charge in [-0.15, -0.1) is 0 Å². The lowest BCUT2D eigenvalue weighted by Gasteiger charge is -2.66. The molecule has 1 spiro atoms. The zero-order valence-corrected chi connectivity index (χ0v) is 17.9. The van der Waals surface area contributed by atoms with Crippen LogP contribution in [0.4, 0.5) is 0 Å². The number of hydrogen-bond acceptors (Lipinski definition) is 3. The van der Waals surface area contributed by atoms with Crippen LogP contribution in [0.1, 0.15) is 74.9 Å². The third-order valence-electron chi connectivity index (χ3n) is 8.65. The highest BCUT2D eigenvalue weighted by Gasteiger charge is 2.67. The van der Waals surface area contributed by atoms with E-state index in [0.717, 1.165) is 36.1 Å². The summed E-state index contributed by atoms with van der Waals surface area (Å²) in [6.45, 7) is 9.73. The molecule has 5 heteroatoms. The van der Waals surface area contributed by atoms with E-state index in [1.165, 1.54) is 6.42 Å². The van der Waals surface area contributed by atoms with Crippen molar-refractivity contribution in [3.63, 3.8) is 0 Å². The Labute approximate surface area is 172 Å². The monoisotopic (exact) mass is 403 g/mol. The molecular weight excluding hydrogens is 374 g/mol. The standard InChI is InChI=1S/C23H30ClNO3/c1-12-5-6-17-21(2,3)9-14(26)10-23(17)22(12,4)8-13-7-16(24)18-15(19(13)28-23)11-25-20(18)27/h7,12,14,17,26H,5-6,8-11H2,1-4H3,(H,25,27)/t12-,14?,17-,22+,23-/m0/s1. The minimum atomic E-state index is -0.411. The van der Waals surface area contributed by atoms with Gasteiger partial charge in [-0.05, 0) is 48.6 Å². The van der Waals surface area contributed by atoms with Crippen LogP contribution in [0, 0.1) is 22.7 Å². The molecule has 28 heavy (non-hydrogen) atoms. The van der Waals surface area contributed by atoms with Crippen molar-refractivity contribution in [1.82, 2.24) is 5.32 Å². The van der Waals surface area contributed by atoms with Gasteiger partial charge in [0, 0.05) is 29.9 Å².